The number of nitrogens with two attached hydrogens (primary N) is 1. The van der Waals surface area contributed by atoms with Gasteiger partial charge in [0, 0.05) is 23.4 Å². The maximum Gasteiger partial charge on any atom is 0.173 e. The summed E-state index contributed by atoms with van der Waals surface area (Å²) in [4.78, 5) is 0. The molecule has 15 heavy (non-hydrogen) atoms. The van der Waals surface area contributed by atoms with Crippen LogP contribution in [0.5, 0.6) is 0 Å². The molecule has 0 amide bonds. The van der Waals surface area contributed by atoms with E-state index in [1.54, 1.807) is 0 Å². The standard InChI is InChI=1S/C13H14N2/c1-11-2-4-12(5-3-11)10-15-8-6-13(14)7-9-15/h2-9,14H,10H2,1H3/p+1. The van der Waals surface area contributed by atoms with E-state index in [0.717, 1.165) is 12.2 Å². The quantitative estimate of drug-likeness (QED) is 0.736. The number of nitrogens with zero attached hydrogens (tertiary/aromatic N) is 1. The topological polar surface area (TPSA) is 29.9 Å². The lowest BCUT2D eigenvalue weighted by Crippen LogP contribution is -2.33. The molecule has 0 aliphatic heterocycles. The fraction of sp³-hybridized carbons (Fsp3) is 0.154. The van der Waals surface area contributed by atoms with Gasteiger partial charge in [0.15, 0.2) is 18.9 Å². The SMILES string of the molecule is Cc1ccc(C[n+]2ccc(N)cc2)cc1. The summed E-state index contributed by atoms with van der Waals surface area (Å²) in [6.45, 7) is 2.99. The lowest BCUT2D eigenvalue weighted by Gasteiger charge is -1.98. The summed E-state index contributed by atoms with van der Waals surface area (Å²) < 4.78 is 2.11. The first kappa shape index (κ1) is 9.71. The van der Waals surface area contributed by atoms with Crippen LogP contribution in [0.2, 0.25) is 0 Å². The van der Waals surface area contributed by atoms with E-state index in [-0.39, 0.29) is 0 Å². The molecule has 0 bridgehead atoms. The van der Waals surface area contributed by atoms with E-state index in [1.165, 1.54) is 11.1 Å². The van der Waals surface area contributed by atoms with Crippen molar-refractivity contribution in [3.63, 3.8) is 0 Å². The molecule has 1 aromatic heterocycles. The molecule has 2 heteroatoms. The van der Waals surface area contributed by atoms with Crippen molar-refractivity contribution in [2.45, 2.75) is 13.5 Å². The molecule has 0 unspecified atom stereocenters. The molecule has 0 saturated carbocycles. The van der Waals surface area contributed by atoms with Crippen LogP contribution in [0, 0.1) is 6.92 Å². The minimum absolute atomic E-state index is 0.801. The maximum atomic E-state index is 5.63. The first-order valence-electron chi connectivity index (χ1n) is 5.04. The van der Waals surface area contributed by atoms with E-state index >= 15 is 0 Å². The van der Waals surface area contributed by atoms with E-state index < -0.39 is 0 Å². The normalized spacial score (nSPS) is 10.2. The molecule has 1 heterocycles. The van der Waals surface area contributed by atoms with E-state index in [2.05, 4.69) is 35.8 Å². The lowest BCUT2D eigenvalue weighted by atomic mass is 10.1. The van der Waals surface area contributed by atoms with Crippen molar-refractivity contribution in [1.29, 1.82) is 0 Å². The number of anilines is 1. The van der Waals surface area contributed by atoms with Gasteiger partial charge in [-0.05, 0) is 6.92 Å². The summed E-state index contributed by atoms with van der Waals surface area (Å²) in [5.74, 6) is 0. The number of aromatic nitrogens is 1. The van der Waals surface area contributed by atoms with Gasteiger partial charge in [-0.2, -0.15) is 0 Å². The third kappa shape index (κ3) is 2.56. The van der Waals surface area contributed by atoms with Crippen molar-refractivity contribution < 1.29 is 4.57 Å². The van der Waals surface area contributed by atoms with Gasteiger partial charge in [-0.1, -0.05) is 29.8 Å². The van der Waals surface area contributed by atoms with Gasteiger partial charge < -0.3 is 5.73 Å². The Morgan fingerprint density at radius 1 is 1.00 bits per heavy atom. The largest absolute Gasteiger partial charge is 0.398 e. The minimum atomic E-state index is 0.801. The van der Waals surface area contributed by atoms with Gasteiger partial charge in [0.05, 0.1) is 0 Å². The van der Waals surface area contributed by atoms with Crippen molar-refractivity contribution in [3.05, 3.63) is 59.9 Å². The second-order valence-electron chi connectivity index (χ2n) is 3.79. The highest BCUT2D eigenvalue weighted by molar-refractivity contribution is 5.32. The fourth-order valence-corrected chi connectivity index (χ4v) is 1.48. The Kier molecular flexibility index (Phi) is 2.68. The highest BCUT2D eigenvalue weighted by Crippen LogP contribution is 2.02. The van der Waals surface area contributed by atoms with Gasteiger partial charge in [-0.25, -0.2) is 4.57 Å². The predicted molar refractivity (Wildman–Crippen MR) is 61.3 cm³/mol. The van der Waals surface area contributed by atoms with Crippen molar-refractivity contribution >= 4 is 5.69 Å². The minimum Gasteiger partial charge on any atom is -0.398 e. The molecule has 2 nitrogen and oxygen atoms in total. The Bertz CT molecular complexity index is 386. The number of rotatable bonds is 2. The lowest BCUT2D eigenvalue weighted by molar-refractivity contribution is -0.688. The molecule has 76 valence electrons. The molecular weight excluding hydrogens is 184 g/mol. The summed E-state index contributed by atoms with van der Waals surface area (Å²) in [5.41, 5.74) is 9.02. The van der Waals surface area contributed by atoms with Gasteiger partial charge in [0.25, 0.3) is 0 Å². The zero-order valence-corrected chi connectivity index (χ0v) is 8.85. The van der Waals surface area contributed by atoms with Crippen LogP contribution >= 0.6 is 0 Å². The van der Waals surface area contributed by atoms with E-state index in [4.69, 9.17) is 5.73 Å². The van der Waals surface area contributed by atoms with Crippen LogP contribution in [0.3, 0.4) is 0 Å². The van der Waals surface area contributed by atoms with Crippen molar-refractivity contribution in [1.82, 2.24) is 0 Å². The van der Waals surface area contributed by atoms with Crippen molar-refractivity contribution in [3.8, 4) is 0 Å². The third-order valence-corrected chi connectivity index (χ3v) is 2.40. The van der Waals surface area contributed by atoms with Gasteiger partial charge in [0.2, 0.25) is 0 Å². The van der Waals surface area contributed by atoms with E-state index in [1.807, 2.05) is 24.5 Å². The van der Waals surface area contributed by atoms with Crippen molar-refractivity contribution in [2.24, 2.45) is 0 Å². The van der Waals surface area contributed by atoms with E-state index in [9.17, 15) is 0 Å². The maximum absolute atomic E-state index is 5.63. The molecule has 0 saturated heterocycles. The van der Waals surface area contributed by atoms with E-state index in [0.29, 0.717) is 0 Å². The molecule has 0 radical (unpaired) electrons. The molecular formula is C13H15N2+. The summed E-state index contributed by atoms with van der Waals surface area (Å²) in [6.07, 6.45) is 3.99. The van der Waals surface area contributed by atoms with Gasteiger partial charge in [0.1, 0.15) is 0 Å². The highest BCUT2D eigenvalue weighted by atomic mass is 14.9. The fourth-order valence-electron chi connectivity index (χ4n) is 1.48. The summed E-state index contributed by atoms with van der Waals surface area (Å²) in [5, 5.41) is 0. The highest BCUT2D eigenvalue weighted by Gasteiger charge is 2.01. The van der Waals surface area contributed by atoms with Gasteiger partial charge in [-0.15, -0.1) is 0 Å². The molecule has 2 aromatic rings. The number of pyridine rings is 1. The number of benzene rings is 1. The predicted octanol–water partition coefficient (Wildman–Crippen LogP) is 1.91. The average Bonchev–Trinajstić information content (AvgIpc) is 2.25. The number of nitrogen functional groups attached to an aromatic ring is 1. The second kappa shape index (κ2) is 4.13. The van der Waals surface area contributed by atoms with Crippen LogP contribution in [0.1, 0.15) is 11.1 Å². The smallest absolute Gasteiger partial charge is 0.173 e. The molecule has 0 aliphatic rings. The molecule has 1 aromatic carbocycles. The van der Waals surface area contributed by atoms with Crippen LogP contribution in [0.25, 0.3) is 0 Å². The van der Waals surface area contributed by atoms with Crippen molar-refractivity contribution in [2.75, 3.05) is 5.73 Å². The third-order valence-electron chi connectivity index (χ3n) is 2.40. The van der Waals surface area contributed by atoms with Crippen LogP contribution in [-0.2, 0) is 6.54 Å². The van der Waals surface area contributed by atoms with Crippen LogP contribution in [-0.4, -0.2) is 0 Å². The monoisotopic (exact) mass is 199 g/mol. The summed E-state index contributed by atoms with van der Waals surface area (Å²) >= 11 is 0. The first-order valence-corrected chi connectivity index (χ1v) is 5.04. The Morgan fingerprint density at radius 3 is 2.20 bits per heavy atom. The van der Waals surface area contributed by atoms with Gasteiger partial charge >= 0.3 is 0 Å². The average molecular weight is 199 g/mol. The van der Waals surface area contributed by atoms with Crippen LogP contribution in [0.4, 0.5) is 5.69 Å². The second-order valence-corrected chi connectivity index (χ2v) is 3.79. The Hall–Kier alpha value is -1.83. The van der Waals surface area contributed by atoms with Gasteiger partial charge in [-0.3, -0.25) is 0 Å². The molecule has 0 fully saturated rings. The van der Waals surface area contributed by atoms with Crippen LogP contribution in [0.15, 0.2) is 48.8 Å². The molecule has 0 spiro atoms. The molecule has 0 atom stereocenters. The molecule has 2 N–H and O–H groups in total. The molecule has 0 aliphatic carbocycles. The Balaban J connectivity index is 2.15. The summed E-state index contributed by atoms with van der Waals surface area (Å²) in [6, 6.07) is 12.4. The molecule has 2 rings (SSSR count). The number of hydrogen-bond donors (Lipinski definition) is 1. The Morgan fingerprint density at radius 2 is 1.60 bits per heavy atom. The van der Waals surface area contributed by atoms with Crippen LogP contribution < -0.4 is 10.3 Å². The number of aryl methyl sites for hydroxylation is 1. The number of hydrogen-bond acceptors (Lipinski definition) is 1. The first-order chi connectivity index (χ1) is 7.24. The summed E-state index contributed by atoms with van der Waals surface area (Å²) in [7, 11) is 0. The Labute approximate surface area is 90.0 Å². The zero-order chi connectivity index (χ0) is 10.7. The zero-order valence-electron chi connectivity index (χ0n) is 8.85.